The van der Waals surface area contributed by atoms with Gasteiger partial charge in [-0.3, -0.25) is 0 Å². The molecule has 0 heterocycles. The van der Waals surface area contributed by atoms with Crippen molar-refractivity contribution in [3.63, 3.8) is 0 Å². The standard InChI is InChI=1S/C20H23N/c1-2-10-20(18(5-1)14-21-19-11-12-19)17-9-4-8-16(13-17)15-6-3-7-15/h1-2,4-5,8-10,13,15,19,21H,3,6-7,11-12,14H2. The summed E-state index contributed by atoms with van der Waals surface area (Å²) in [4.78, 5) is 0. The lowest BCUT2D eigenvalue weighted by Crippen LogP contribution is -2.15. The zero-order valence-corrected chi connectivity index (χ0v) is 12.5. The van der Waals surface area contributed by atoms with E-state index in [0.717, 1.165) is 18.5 Å². The summed E-state index contributed by atoms with van der Waals surface area (Å²) in [6.45, 7) is 0.995. The zero-order chi connectivity index (χ0) is 14.1. The molecule has 0 radical (unpaired) electrons. The Morgan fingerprint density at radius 1 is 0.905 bits per heavy atom. The highest BCUT2D eigenvalue weighted by atomic mass is 14.9. The molecule has 2 aromatic rings. The molecule has 1 heteroatoms. The molecule has 1 nitrogen and oxygen atoms in total. The highest BCUT2D eigenvalue weighted by Crippen LogP contribution is 2.38. The largest absolute Gasteiger partial charge is 0.310 e. The number of rotatable bonds is 5. The van der Waals surface area contributed by atoms with E-state index in [1.807, 2.05) is 0 Å². The van der Waals surface area contributed by atoms with Crippen molar-refractivity contribution in [3.8, 4) is 11.1 Å². The van der Waals surface area contributed by atoms with Crippen molar-refractivity contribution in [2.45, 2.75) is 50.6 Å². The van der Waals surface area contributed by atoms with Crippen LogP contribution in [0, 0.1) is 0 Å². The molecular formula is C20H23N. The summed E-state index contributed by atoms with van der Waals surface area (Å²) in [5.74, 6) is 0.807. The topological polar surface area (TPSA) is 12.0 Å². The molecule has 2 aromatic carbocycles. The van der Waals surface area contributed by atoms with E-state index in [9.17, 15) is 0 Å². The van der Waals surface area contributed by atoms with Crippen LogP contribution >= 0.6 is 0 Å². The van der Waals surface area contributed by atoms with Gasteiger partial charge in [0.25, 0.3) is 0 Å². The first-order valence-corrected chi connectivity index (χ1v) is 8.32. The quantitative estimate of drug-likeness (QED) is 0.822. The summed E-state index contributed by atoms with van der Waals surface area (Å²) in [6, 6.07) is 18.8. The Bertz CT molecular complexity index is 623. The maximum Gasteiger partial charge on any atom is 0.0214 e. The van der Waals surface area contributed by atoms with Gasteiger partial charge in [0.05, 0.1) is 0 Å². The molecule has 0 aliphatic heterocycles. The second-order valence-corrected chi connectivity index (χ2v) is 6.57. The molecule has 0 atom stereocenters. The van der Waals surface area contributed by atoms with E-state index >= 15 is 0 Å². The van der Waals surface area contributed by atoms with Gasteiger partial charge in [0.2, 0.25) is 0 Å². The fourth-order valence-electron chi connectivity index (χ4n) is 3.20. The van der Waals surface area contributed by atoms with Gasteiger partial charge in [-0.2, -0.15) is 0 Å². The number of benzene rings is 2. The molecule has 2 fully saturated rings. The van der Waals surface area contributed by atoms with Crippen LogP contribution in [0.2, 0.25) is 0 Å². The van der Waals surface area contributed by atoms with E-state index in [0.29, 0.717) is 0 Å². The Morgan fingerprint density at radius 3 is 2.52 bits per heavy atom. The van der Waals surface area contributed by atoms with Gasteiger partial charge in [-0.05, 0) is 53.9 Å². The Morgan fingerprint density at radius 2 is 1.76 bits per heavy atom. The lowest BCUT2D eigenvalue weighted by molar-refractivity contribution is 0.420. The summed E-state index contributed by atoms with van der Waals surface area (Å²) in [5, 5.41) is 3.64. The van der Waals surface area contributed by atoms with Crippen molar-refractivity contribution in [3.05, 3.63) is 59.7 Å². The van der Waals surface area contributed by atoms with Gasteiger partial charge in [0, 0.05) is 12.6 Å². The van der Waals surface area contributed by atoms with Crippen LogP contribution in [-0.4, -0.2) is 6.04 Å². The minimum atomic E-state index is 0.763. The van der Waals surface area contributed by atoms with Gasteiger partial charge in [-0.25, -0.2) is 0 Å². The molecule has 2 saturated carbocycles. The monoisotopic (exact) mass is 277 g/mol. The lowest BCUT2D eigenvalue weighted by Gasteiger charge is -2.26. The molecular weight excluding hydrogens is 254 g/mol. The van der Waals surface area contributed by atoms with Crippen LogP contribution in [0.1, 0.15) is 49.1 Å². The number of nitrogens with one attached hydrogen (secondary N) is 1. The van der Waals surface area contributed by atoms with Crippen LogP contribution in [0.5, 0.6) is 0 Å². The maximum absolute atomic E-state index is 3.64. The SMILES string of the molecule is c1cc(-c2ccccc2CNC2CC2)cc(C2CCC2)c1. The number of hydrogen-bond acceptors (Lipinski definition) is 1. The molecule has 2 aliphatic rings. The number of hydrogen-bond donors (Lipinski definition) is 1. The van der Waals surface area contributed by atoms with Crippen molar-refractivity contribution in [2.24, 2.45) is 0 Å². The van der Waals surface area contributed by atoms with E-state index in [2.05, 4.69) is 53.8 Å². The zero-order valence-electron chi connectivity index (χ0n) is 12.5. The average molecular weight is 277 g/mol. The van der Waals surface area contributed by atoms with Crippen molar-refractivity contribution in [1.82, 2.24) is 5.32 Å². The van der Waals surface area contributed by atoms with Crippen LogP contribution in [0.25, 0.3) is 11.1 Å². The highest BCUT2D eigenvalue weighted by Gasteiger charge is 2.21. The molecule has 2 aliphatic carbocycles. The van der Waals surface area contributed by atoms with Crippen LogP contribution < -0.4 is 5.32 Å². The first-order valence-electron chi connectivity index (χ1n) is 8.32. The molecule has 21 heavy (non-hydrogen) atoms. The molecule has 0 aromatic heterocycles. The van der Waals surface area contributed by atoms with Crippen LogP contribution in [0.15, 0.2) is 48.5 Å². The molecule has 0 amide bonds. The smallest absolute Gasteiger partial charge is 0.0214 e. The summed E-state index contributed by atoms with van der Waals surface area (Å²) < 4.78 is 0. The van der Waals surface area contributed by atoms with Crippen molar-refractivity contribution in [1.29, 1.82) is 0 Å². The van der Waals surface area contributed by atoms with Crippen LogP contribution in [0.3, 0.4) is 0 Å². The van der Waals surface area contributed by atoms with Gasteiger partial charge in [0.15, 0.2) is 0 Å². The van der Waals surface area contributed by atoms with E-state index in [-0.39, 0.29) is 0 Å². The van der Waals surface area contributed by atoms with E-state index < -0.39 is 0 Å². The highest BCUT2D eigenvalue weighted by molar-refractivity contribution is 5.68. The lowest BCUT2D eigenvalue weighted by atomic mass is 9.79. The maximum atomic E-state index is 3.64. The Kier molecular flexibility index (Phi) is 3.52. The fourth-order valence-corrected chi connectivity index (χ4v) is 3.20. The van der Waals surface area contributed by atoms with Gasteiger partial charge >= 0.3 is 0 Å². The second kappa shape index (κ2) is 5.65. The molecule has 1 N–H and O–H groups in total. The van der Waals surface area contributed by atoms with Crippen LogP contribution in [-0.2, 0) is 6.54 Å². The van der Waals surface area contributed by atoms with E-state index in [4.69, 9.17) is 0 Å². The second-order valence-electron chi connectivity index (χ2n) is 6.57. The minimum absolute atomic E-state index is 0.763. The summed E-state index contributed by atoms with van der Waals surface area (Å²) in [6.07, 6.45) is 6.83. The van der Waals surface area contributed by atoms with E-state index in [1.54, 1.807) is 0 Å². The molecule has 0 spiro atoms. The first kappa shape index (κ1) is 13.1. The summed E-state index contributed by atoms with van der Waals surface area (Å²) >= 11 is 0. The normalized spacial score (nSPS) is 18.5. The molecule has 108 valence electrons. The third kappa shape index (κ3) is 2.89. The summed E-state index contributed by atoms with van der Waals surface area (Å²) in [7, 11) is 0. The van der Waals surface area contributed by atoms with E-state index in [1.165, 1.54) is 54.4 Å². The van der Waals surface area contributed by atoms with Gasteiger partial charge in [-0.1, -0.05) is 55.0 Å². The summed E-state index contributed by atoms with van der Waals surface area (Å²) in [5.41, 5.74) is 5.73. The molecule has 0 saturated heterocycles. The van der Waals surface area contributed by atoms with Gasteiger partial charge in [0.1, 0.15) is 0 Å². The van der Waals surface area contributed by atoms with Crippen molar-refractivity contribution < 1.29 is 0 Å². The Hall–Kier alpha value is -1.60. The molecule has 4 rings (SSSR count). The minimum Gasteiger partial charge on any atom is -0.310 e. The first-order chi connectivity index (χ1) is 10.4. The third-order valence-electron chi connectivity index (χ3n) is 4.95. The Labute approximate surface area is 127 Å². The Balaban J connectivity index is 1.62. The van der Waals surface area contributed by atoms with Gasteiger partial charge in [-0.15, -0.1) is 0 Å². The average Bonchev–Trinajstić information content (AvgIpc) is 3.28. The van der Waals surface area contributed by atoms with Crippen molar-refractivity contribution >= 4 is 0 Å². The third-order valence-corrected chi connectivity index (χ3v) is 4.95. The predicted molar refractivity (Wildman–Crippen MR) is 88.3 cm³/mol. The van der Waals surface area contributed by atoms with Gasteiger partial charge < -0.3 is 5.32 Å². The molecule has 0 unspecified atom stereocenters. The van der Waals surface area contributed by atoms with Crippen molar-refractivity contribution in [2.75, 3.05) is 0 Å². The fraction of sp³-hybridized carbons (Fsp3) is 0.400. The van der Waals surface area contributed by atoms with Crippen LogP contribution in [0.4, 0.5) is 0 Å². The molecule has 0 bridgehead atoms. The predicted octanol–water partition coefficient (Wildman–Crippen LogP) is 4.87.